The Kier molecular flexibility index (Phi) is 10.8. The van der Waals surface area contributed by atoms with Gasteiger partial charge in [-0.3, -0.25) is 4.79 Å². The van der Waals surface area contributed by atoms with Gasteiger partial charge in [0.05, 0.1) is 44.1 Å². The summed E-state index contributed by atoms with van der Waals surface area (Å²) in [5, 5.41) is 21.1. The van der Waals surface area contributed by atoms with Crippen LogP contribution >= 0.6 is 0 Å². The summed E-state index contributed by atoms with van der Waals surface area (Å²) in [6.07, 6.45) is -1.13. The number of ether oxygens (including phenoxy) is 3. The Bertz CT molecular complexity index is 777. The van der Waals surface area contributed by atoms with E-state index in [0.29, 0.717) is 32.7 Å². The molecule has 0 aliphatic rings. The minimum absolute atomic E-state index is 0.0537. The van der Waals surface area contributed by atoms with Crippen LogP contribution < -0.4 is 0 Å². The van der Waals surface area contributed by atoms with E-state index in [1.807, 2.05) is 60.7 Å². The first kappa shape index (κ1) is 26.0. The lowest BCUT2D eigenvalue weighted by Gasteiger charge is -2.30. The average Bonchev–Trinajstić information content (AvgIpc) is 2.80. The molecule has 2 rings (SSSR count). The van der Waals surface area contributed by atoms with Crippen LogP contribution in [0.1, 0.15) is 44.2 Å². The third-order valence-corrected chi connectivity index (χ3v) is 5.60. The Balaban J connectivity index is 1.89. The van der Waals surface area contributed by atoms with E-state index in [2.05, 4.69) is 0 Å². The monoisotopic (exact) mass is 444 g/mol. The lowest BCUT2D eigenvalue weighted by molar-refractivity contribution is -0.158. The van der Waals surface area contributed by atoms with Gasteiger partial charge in [0, 0.05) is 13.0 Å². The van der Waals surface area contributed by atoms with Crippen molar-refractivity contribution < 1.29 is 29.2 Å². The Morgan fingerprint density at radius 2 is 1.47 bits per heavy atom. The van der Waals surface area contributed by atoms with Crippen LogP contribution in [-0.2, 0) is 32.2 Å². The van der Waals surface area contributed by atoms with Gasteiger partial charge in [-0.1, -0.05) is 60.7 Å². The number of aliphatic hydroxyl groups excluding tert-OH is 2. The van der Waals surface area contributed by atoms with Gasteiger partial charge in [-0.25, -0.2) is 0 Å². The van der Waals surface area contributed by atoms with Gasteiger partial charge in [0.2, 0.25) is 0 Å². The molecule has 6 heteroatoms. The topological polar surface area (TPSA) is 85.2 Å². The summed E-state index contributed by atoms with van der Waals surface area (Å²) in [6.45, 7) is 4.64. The molecule has 0 saturated heterocycles. The Hall–Kier alpha value is -2.25. The molecule has 0 fully saturated rings. The maximum absolute atomic E-state index is 11.9. The molecule has 0 bridgehead atoms. The van der Waals surface area contributed by atoms with Crippen LogP contribution in [0, 0.1) is 5.41 Å². The van der Waals surface area contributed by atoms with Crippen molar-refractivity contribution in [2.75, 3.05) is 13.7 Å². The van der Waals surface area contributed by atoms with Crippen molar-refractivity contribution in [1.29, 1.82) is 0 Å². The summed E-state index contributed by atoms with van der Waals surface area (Å²) in [5.41, 5.74) is 1.04. The van der Waals surface area contributed by atoms with Crippen molar-refractivity contribution in [2.45, 2.75) is 64.6 Å². The van der Waals surface area contributed by atoms with Crippen LogP contribution in [0.5, 0.6) is 0 Å². The standard InChI is InChI=1S/C26H36O6/c1-26(2,25(29)30-3)24(28)17-22(27)16-23(32-19-21-12-8-5-9-13-21)14-15-31-18-20-10-6-4-7-11-20/h4-13,22-24,27-28H,14-19H2,1-3H3/t22-,23+,24+/m1/s1. The van der Waals surface area contributed by atoms with E-state index in [1.54, 1.807) is 13.8 Å². The largest absolute Gasteiger partial charge is 0.469 e. The number of esters is 1. The van der Waals surface area contributed by atoms with E-state index in [9.17, 15) is 15.0 Å². The molecule has 0 unspecified atom stereocenters. The highest BCUT2D eigenvalue weighted by atomic mass is 16.5. The third kappa shape index (κ3) is 8.71. The van der Waals surface area contributed by atoms with Crippen molar-refractivity contribution in [3.63, 3.8) is 0 Å². The van der Waals surface area contributed by atoms with Gasteiger partial charge in [0.1, 0.15) is 0 Å². The summed E-state index contributed by atoms with van der Waals surface area (Å²) in [4.78, 5) is 11.9. The second kappa shape index (κ2) is 13.3. The average molecular weight is 445 g/mol. The molecule has 2 N–H and O–H groups in total. The minimum atomic E-state index is -1.10. The first-order valence-electron chi connectivity index (χ1n) is 11.0. The van der Waals surface area contributed by atoms with Crippen molar-refractivity contribution in [2.24, 2.45) is 5.41 Å². The molecule has 176 valence electrons. The molecule has 32 heavy (non-hydrogen) atoms. The fourth-order valence-electron chi connectivity index (χ4n) is 3.39. The molecule has 0 aliphatic heterocycles. The maximum Gasteiger partial charge on any atom is 0.313 e. The van der Waals surface area contributed by atoms with E-state index in [-0.39, 0.29) is 12.5 Å². The predicted molar refractivity (Wildman–Crippen MR) is 123 cm³/mol. The predicted octanol–water partition coefficient (Wildman–Crippen LogP) is 3.88. The number of benzene rings is 2. The Morgan fingerprint density at radius 1 is 0.906 bits per heavy atom. The highest BCUT2D eigenvalue weighted by Gasteiger charge is 2.38. The van der Waals surface area contributed by atoms with Crippen LogP contribution in [0.15, 0.2) is 60.7 Å². The summed E-state index contributed by atoms with van der Waals surface area (Å²) < 4.78 is 16.6. The Morgan fingerprint density at radius 3 is 2.03 bits per heavy atom. The normalized spacial score (nSPS) is 14.5. The van der Waals surface area contributed by atoms with Crippen LogP contribution in [0.3, 0.4) is 0 Å². The van der Waals surface area contributed by atoms with Gasteiger partial charge in [-0.05, 0) is 37.8 Å². The zero-order valence-electron chi connectivity index (χ0n) is 19.3. The van der Waals surface area contributed by atoms with Gasteiger partial charge in [0.15, 0.2) is 0 Å². The number of rotatable bonds is 14. The number of aliphatic hydroxyl groups is 2. The molecule has 0 aliphatic carbocycles. The zero-order chi connectivity index (χ0) is 23.4. The summed E-state index contributed by atoms with van der Waals surface area (Å²) in [5.74, 6) is -0.511. The van der Waals surface area contributed by atoms with E-state index in [0.717, 1.165) is 11.1 Å². The SMILES string of the molecule is COC(=O)C(C)(C)[C@@H](O)C[C@H](O)C[C@H](CCOCc1ccccc1)OCc1ccccc1. The summed E-state index contributed by atoms with van der Waals surface area (Å²) in [6, 6.07) is 19.8. The van der Waals surface area contributed by atoms with Crippen molar-refractivity contribution in [3.8, 4) is 0 Å². The third-order valence-electron chi connectivity index (χ3n) is 5.60. The van der Waals surface area contributed by atoms with Gasteiger partial charge in [-0.15, -0.1) is 0 Å². The minimum Gasteiger partial charge on any atom is -0.469 e. The van der Waals surface area contributed by atoms with Gasteiger partial charge in [-0.2, -0.15) is 0 Å². The fourth-order valence-corrected chi connectivity index (χ4v) is 3.39. The van der Waals surface area contributed by atoms with Crippen LogP contribution in [-0.4, -0.2) is 48.2 Å². The van der Waals surface area contributed by atoms with Gasteiger partial charge >= 0.3 is 5.97 Å². The molecule has 0 saturated carbocycles. The summed E-state index contributed by atoms with van der Waals surface area (Å²) in [7, 11) is 1.29. The number of hydrogen-bond donors (Lipinski definition) is 2. The first-order chi connectivity index (χ1) is 15.3. The molecular formula is C26H36O6. The van der Waals surface area contributed by atoms with E-state index in [4.69, 9.17) is 14.2 Å². The number of hydrogen-bond acceptors (Lipinski definition) is 6. The molecule has 6 nitrogen and oxygen atoms in total. The molecular weight excluding hydrogens is 408 g/mol. The van der Waals surface area contributed by atoms with Crippen molar-refractivity contribution in [3.05, 3.63) is 71.8 Å². The second-order valence-electron chi connectivity index (χ2n) is 8.60. The lowest BCUT2D eigenvalue weighted by Crippen LogP contribution is -2.40. The van der Waals surface area contributed by atoms with Crippen molar-refractivity contribution in [1.82, 2.24) is 0 Å². The molecule has 0 aromatic heterocycles. The highest BCUT2D eigenvalue weighted by molar-refractivity contribution is 5.76. The molecule has 2 aromatic rings. The smallest absolute Gasteiger partial charge is 0.313 e. The summed E-state index contributed by atoms with van der Waals surface area (Å²) >= 11 is 0. The molecule has 0 radical (unpaired) electrons. The van der Waals surface area contributed by atoms with Crippen LogP contribution in [0.2, 0.25) is 0 Å². The van der Waals surface area contributed by atoms with E-state index >= 15 is 0 Å². The molecule has 3 atom stereocenters. The number of carbonyl (C=O) groups excluding carboxylic acids is 1. The number of methoxy groups -OCH3 is 1. The van der Waals surface area contributed by atoms with Crippen LogP contribution in [0.4, 0.5) is 0 Å². The molecule has 0 spiro atoms. The maximum atomic E-state index is 11.9. The van der Waals surface area contributed by atoms with Gasteiger partial charge in [0.25, 0.3) is 0 Å². The van der Waals surface area contributed by atoms with Crippen LogP contribution in [0.25, 0.3) is 0 Å². The van der Waals surface area contributed by atoms with Crippen molar-refractivity contribution >= 4 is 5.97 Å². The highest BCUT2D eigenvalue weighted by Crippen LogP contribution is 2.27. The van der Waals surface area contributed by atoms with Gasteiger partial charge < -0.3 is 24.4 Å². The zero-order valence-corrected chi connectivity index (χ0v) is 19.3. The van der Waals surface area contributed by atoms with E-state index in [1.165, 1.54) is 7.11 Å². The first-order valence-corrected chi connectivity index (χ1v) is 11.0. The van der Waals surface area contributed by atoms with E-state index < -0.39 is 23.6 Å². The fraction of sp³-hybridized carbons (Fsp3) is 0.500. The molecule has 0 amide bonds. The molecule has 0 heterocycles. The number of carbonyl (C=O) groups is 1. The lowest BCUT2D eigenvalue weighted by atomic mass is 9.83. The quantitative estimate of drug-likeness (QED) is 0.340. The Labute approximate surface area is 191 Å². The second-order valence-corrected chi connectivity index (χ2v) is 8.60. The molecule has 2 aromatic carbocycles.